The molecule has 0 saturated carbocycles. The molecule has 1 unspecified atom stereocenters. The summed E-state index contributed by atoms with van der Waals surface area (Å²) in [5.41, 5.74) is 0. The van der Waals surface area contributed by atoms with Crippen LogP contribution >= 0.6 is 31.9 Å². The summed E-state index contributed by atoms with van der Waals surface area (Å²) in [5.74, 6) is -2.41. The molecule has 0 aromatic carbocycles. The lowest BCUT2D eigenvalue weighted by Gasteiger charge is -2.05. The number of halogens is 2. The molecule has 58 valence electrons. The third-order valence-electron chi connectivity index (χ3n) is 0.729. The van der Waals surface area contributed by atoms with Crippen molar-refractivity contribution in [3.8, 4) is 0 Å². The third-order valence-corrected chi connectivity index (χ3v) is 3.28. The minimum atomic E-state index is -1.20. The molecular weight excluding hydrogens is 272 g/mol. The minimum absolute atomic E-state index is 1.09. The first-order chi connectivity index (χ1) is 4.46. The van der Waals surface area contributed by atoms with Gasteiger partial charge in [0.25, 0.3) is 0 Å². The molecule has 2 atom stereocenters. The molecule has 0 aromatic rings. The van der Waals surface area contributed by atoms with Gasteiger partial charge in [0.1, 0.15) is 9.65 Å². The molecule has 0 rings (SSSR count). The van der Waals surface area contributed by atoms with Gasteiger partial charge in [0.05, 0.1) is 0 Å². The number of hydrogen-bond donors (Lipinski definition) is 2. The maximum atomic E-state index is 10.1. The predicted octanol–water partition coefficient (Wildman–Crippen LogP) is 0.683. The van der Waals surface area contributed by atoms with E-state index in [1.807, 2.05) is 0 Å². The molecule has 0 aliphatic carbocycles. The Balaban J connectivity index is 4.07. The van der Waals surface area contributed by atoms with E-state index in [4.69, 9.17) is 10.2 Å². The van der Waals surface area contributed by atoms with Gasteiger partial charge < -0.3 is 10.2 Å². The van der Waals surface area contributed by atoms with Crippen molar-refractivity contribution in [3.05, 3.63) is 0 Å². The van der Waals surface area contributed by atoms with E-state index in [2.05, 4.69) is 31.9 Å². The van der Waals surface area contributed by atoms with Crippen LogP contribution in [0.1, 0.15) is 0 Å². The first kappa shape index (κ1) is 9.90. The van der Waals surface area contributed by atoms with Crippen LogP contribution in [0.3, 0.4) is 0 Å². The van der Waals surface area contributed by atoms with E-state index in [1.54, 1.807) is 0 Å². The summed E-state index contributed by atoms with van der Waals surface area (Å²) in [6.45, 7) is 0. The normalized spacial score (nSPS) is 15.8. The molecule has 0 aliphatic heterocycles. The van der Waals surface area contributed by atoms with Crippen molar-refractivity contribution in [2.24, 2.45) is 0 Å². The molecule has 0 radical (unpaired) electrons. The SMILES string of the molecule is O=C(O)C(Br)[C@H](Br)C(=O)O. The largest absolute Gasteiger partial charge is 0.480 e. The van der Waals surface area contributed by atoms with Crippen molar-refractivity contribution in [2.45, 2.75) is 9.65 Å². The highest BCUT2D eigenvalue weighted by Crippen LogP contribution is 2.14. The Bertz CT molecular complexity index is 139. The molecule has 0 aliphatic rings. The third kappa shape index (κ3) is 2.66. The van der Waals surface area contributed by atoms with Gasteiger partial charge in [0.15, 0.2) is 0 Å². The molecule has 0 bridgehead atoms. The van der Waals surface area contributed by atoms with E-state index in [1.165, 1.54) is 0 Å². The van der Waals surface area contributed by atoms with E-state index in [0.717, 1.165) is 0 Å². The topological polar surface area (TPSA) is 74.6 Å². The van der Waals surface area contributed by atoms with Gasteiger partial charge >= 0.3 is 11.9 Å². The van der Waals surface area contributed by atoms with Gasteiger partial charge in [-0.05, 0) is 0 Å². The quantitative estimate of drug-likeness (QED) is 0.743. The second kappa shape index (κ2) is 3.92. The number of rotatable bonds is 3. The minimum Gasteiger partial charge on any atom is -0.480 e. The lowest BCUT2D eigenvalue weighted by Crippen LogP contribution is -2.30. The lowest BCUT2D eigenvalue weighted by atomic mass is 10.3. The van der Waals surface area contributed by atoms with Crippen LogP contribution in [0.15, 0.2) is 0 Å². The number of carbonyl (C=O) groups is 2. The molecule has 0 spiro atoms. The smallest absolute Gasteiger partial charge is 0.319 e. The van der Waals surface area contributed by atoms with E-state index in [-0.39, 0.29) is 0 Å². The van der Waals surface area contributed by atoms with Crippen molar-refractivity contribution in [2.75, 3.05) is 0 Å². The van der Waals surface area contributed by atoms with E-state index < -0.39 is 21.6 Å². The van der Waals surface area contributed by atoms with E-state index in [9.17, 15) is 9.59 Å². The zero-order valence-electron chi connectivity index (χ0n) is 4.62. The summed E-state index contributed by atoms with van der Waals surface area (Å²) in [5, 5.41) is 16.5. The molecule has 0 saturated heterocycles. The molecule has 0 amide bonds. The van der Waals surface area contributed by atoms with Crippen LogP contribution in [0, 0.1) is 0 Å². The Morgan fingerprint density at radius 3 is 1.30 bits per heavy atom. The monoisotopic (exact) mass is 274 g/mol. The van der Waals surface area contributed by atoms with Crippen LogP contribution in [0.4, 0.5) is 0 Å². The fourth-order valence-electron chi connectivity index (χ4n) is 0.250. The zero-order chi connectivity index (χ0) is 8.31. The van der Waals surface area contributed by atoms with Crippen molar-refractivity contribution >= 4 is 43.8 Å². The molecule has 6 heteroatoms. The standard InChI is InChI=1S/C4H4Br2O4/c5-1(3(7)8)2(6)4(9)10/h1-2H,(H,7,8)(H,9,10)/t1-,2?/m0/s1. The second-order valence-corrected chi connectivity index (χ2v) is 3.45. The Hall–Kier alpha value is -0.100. The van der Waals surface area contributed by atoms with Crippen LogP contribution < -0.4 is 0 Å². The average molecular weight is 276 g/mol. The maximum Gasteiger partial charge on any atom is 0.319 e. The van der Waals surface area contributed by atoms with Crippen molar-refractivity contribution in [1.29, 1.82) is 0 Å². The first-order valence-corrected chi connectivity index (χ1v) is 4.03. The highest BCUT2D eigenvalue weighted by Gasteiger charge is 2.28. The maximum absolute atomic E-state index is 10.1. The fraction of sp³-hybridized carbons (Fsp3) is 0.500. The Morgan fingerprint density at radius 2 is 1.20 bits per heavy atom. The molecule has 4 nitrogen and oxygen atoms in total. The Kier molecular flexibility index (Phi) is 3.88. The number of hydrogen-bond acceptors (Lipinski definition) is 2. The molecule has 2 N–H and O–H groups in total. The summed E-state index contributed by atoms with van der Waals surface area (Å²) in [6, 6.07) is 0. The average Bonchev–Trinajstić information content (AvgIpc) is 1.84. The molecule has 0 heterocycles. The molecular formula is C4H4Br2O4. The summed E-state index contributed by atoms with van der Waals surface area (Å²) in [7, 11) is 0. The first-order valence-electron chi connectivity index (χ1n) is 2.20. The van der Waals surface area contributed by atoms with Crippen LogP contribution in [0.25, 0.3) is 0 Å². The van der Waals surface area contributed by atoms with Gasteiger partial charge in [-0.25, -0.2) is 0 Å². The van der Waals surface area contributed by atoms with Crippen molar-refractivity contribution in [1.82, 2.24) is 0 Å². The number of aliphatic carboxylic acids is 2. The van der Waals surface area contributed by atoms with Gasteiger partial charge in [0.2, 0.25) is 0 Å². The predicted molar refractivity (Wildman–Crippen MR) is 40.7 cm³/mol. The van der Waals surface area contributed by atoms with Gasteiger partial charge in [-0.2, -0.15) is 0 Å². The molecule has 0 aromatic heterocycles. The second-order valence-electron chi connectivity index (χ2n) is 1.48. The van der Waals surface area contributed by atoms with Crippen molar-refractivity contribution < 1.29 is 19.8 Å². The Morgan fingerprint density at radius 1 is 1.00 bits per heavy atom. The lowest BCUT2D eigenvalue weighted by molar-refractivity contribution is -0.142. The molecule has 10 heavy (non-hydrogen) atoms. The highest BCUT2D eigenvalue weighted by atomic mass is 79.9. The van der Waals surface area contributed by atoms with Gasteiger partial charge in [0, 0.05) is 0 Å². The highest BCUT2D eigenvalue weighted by molar-refractivity contribution is 9.12. The van der Waals surface area contributed by atoms with Crippen LogP contribution in [0.5, 0.6) is 0 Å². The summed E-state index contributed by atoms with van der Waals surface area (Å²) >= 11 is 5.36. The van der Waals surface area contributed by atoms with Crippen molar-refractivity contribution in [3.63, 3.8) is 0 Å². The number of carboxylic acid groups (broad SMARTS) is 2. The summed E-state index contributed by atoms with van der Waals surface area (Å²) in [6.07, 6.45) is 0. The summed E-state index contributed by atoms with van der Waals surface area (Å²) in [4.78, 5) is 18.0. The van der Waals surface area contributed by atoms with E-state index in [0.29, 0.717) is 0 Å². The fourth-order valence-corrected chi connectivity index (χ4v) is 0.703. The van der Waals surface area contributed by atoms with Crippen LogP contribution in [0.2, 0.25) is 0 Å². The van der Waals surface area contributed by atoms with Gasteiger partial charge in [-0.1, -0.05) is 31.9 Å². The van der Waals surface area contributed by atoms with E-state index >= 15 is 0 Å². The Labute approximate surface area is 73.5 Å². The summed E-state index contributed by atoms with van der Waals surface area (Å²) < 4.78 is 0. The van der Waals surface area contributed by atoms with Crippen LogP contribution in [-0.4, -0.2) is 31.8 Å². The van der Waals surface area contributed by atoms with Gasteiger partial charge in [-0.3, -0.25) is 9.59 Å². The van der Waals surface area contributed by atoms with Crippen LogP contribution in [-0.2, 0) is 9.59 Å². The number of alkyl halides is 2. The zero-order valence-corrected chi connectivity index (χ0v) is 7.79. The molecule has 0 fully saturated rings. The van der Waals surface area contributed by atoms with Gasteiger partial charge in [-0.15, -0.1) is 0 Å². The number of carboxylic acids is 2.